The van der Waals surface area contributed by atoms with Crippen molar-refractivity contribution >= 4 is 74.1 Å². The Bertz CT molecular complexity index is 1480. The molecule has 1 fully saturated rings. The maximum atomic E-state index is 13.6. The number of amides is 2. The van der Waals surface area contributed by atoms with Gasteiger partial charge in [0.15, 0.2) is 5.11 Å². The number of nitrogens with zero attached hydrogens (tertiary/aromatic N) is 2. The zero-order chi connectivity index (χ0) is 26.6. The molecule has 0 atom stereocenters. The fourth-order valence-electron chi connectivity index (χ4n) is 3.97. The van der Waals surface area contributed by atoms with E-state index in [9.17, 15) is 9.59 Å². The smallest absolute Gasteiger partial charge is 0.270 e. The summed E-state index contributed by atoms with van der Waals surface area (Å²) in [5.74, 6) is -0.350. The molecule has 0 bridgehead atoms. The Morgan fingerprint density at radius 3 is 1.87 bits per heavy atom. The first-order chi connectivity index (χ1) is 18.4. The number of ether oxygens (including phenoxy) is 1. The maximum absolute atomic E-state index is 13.6. The molecule has 1 aliphatic rings. The summed E-state index contributed by atoms with van der Waals surface area (Å²) < 4.78 is 6.62. The summed E-state index contributed by atoms with van der Waals surface area (Å²) >= 11 is 15.2. The molecule has 188 valence electrons. The number of hydrogen-bond acceptors (Lipinski definition) is 4. The van der Waals surface area contributed by atoms with E-state index in [1.54, 1.807) is 48.5 Å². The zero-order valence-electron chi connectivity index (χ0n) is 19.9. The molecule has 0 unspecified atom stereocenters. The van der Waals surface area contributed by atoms with E-state index in [1.165, 1.54) is 9.80 Å². The van der Waals surface area contributed by atoms with Gasteiger partial charge in [-0.15, -0.1) is 0 Å². The van der Waals surface area contributed by atoms with Gasteiger partial charge < -0.3 is 4.74 Å². The van der Waals surface area contributed by atoms with Crippen molar-refractivity contribution in [2.24, 2.45) is 0 Å². The SMILES string of the molecule is O=C1C(=Cc2ccc(OCc3ccc(Cl)cc3)c(Br)c2)C(=O)N(c2ccccc2)C(=S)N1c1ccccc1. The molecule has 1 heterocycles. The predicted octanol–water partition coefficient (Wildman–Crippen LogP) is 7.43. The van der Waals surface area contributed by atoms with Crippen LogP contribution in [0.5, 0.6) is 5.75 Å². The molecule has 0 aromatic heterocycles. The average molecular weight is 604 g/mol. The molecule has 1 saturated heterocycles. The first-order valence-electron chi connectivity index (χ1n) is 11.6. The minimum atomic E-state index is -0.488. The molecule has 38 heavy (non-hydrogen) atoms. The molecule has 0 spiro atoms. The number of hydrogen-bond donors (Lipinski definition) is 0. The van der Waals surface area contributed by atoms with Gasteiger partial charge in [-0.3, -0.25) is 19.4 Å². The van der Waals surface area contributed by atoms with Gasteiger partial charge in [0, 0.05) is 5.02 Å². The van der Waals surface area contributed by atoms with Crippen LogP contribution in [0.25, 0.3) is 6.08 Å². The fourth-order valence-corrected chi connectivity index (χ4v) is 4.99. The molecule has 5 rings (SSSR count). The average Bonchev–Trinajstić information content (AvgIpc) is 2.93. The van der Waals surface area contributed by atoms with Gasteiger partial charge >= 0.3 is 0 Å². The summed E-state index contributed by atoms with van der Waals surface area (Å²) in [6, 6.07) is 30.9. The normalized spacial score (nSPS) is 13.6. The maximum Gasteiger partial charge on any atom is 0.270 e. The topological polar surface area (TPSA) is 49.9 Å². The van der Waals surface area contributed by atoms with Crippen molar-refractivity contribution < 1.29 is 14.3 Å². The third-order valence-corrected chi connectivity index (χ3v) is 7.09. The first-order valence-corrected chi connectivity index (χ1v) is 13.2. The molecule has 5 nitrogen and oxygen atoms in total. The standard InChI is InChI=1S/C30H20BrClN2O3S/c31-26-18-21(13-16-27(26)37-19-20-11-14-22(32)15-12-20)17-25-28(35)33(23-7-3-1-4-8-23)30(38)34(29(25)36)24-9-5-2-6-10-24/h1-18H,19H2. The molecule has 4 aromatic carbocycles. The van der Waals surface area contributed by atoms with Crippen LogP contribution < -0.4 is 14.5 Å². The predicted molar refractivity (Wildman–Crippen MR) is 158 cm³/mol. The Morgan fingerprint density at radius 1 is 0.789 bits per heavy atom. The Labute approximate surface area is 239 Å². The second kappa shape index (κ2) is 11.3. The van der Waals surface area contributed by atoms with Crippen LogP contribution in [0.2, 0.25) is 5.02 Å². The number of anilines is 2. The summed E-state index contributed by atoms with van der Waals surface area (Å²) in [6.45, 7) is 0.364. The van der Waals surface area contributed by atoms with Crippen molar-refractivity contribution in [3.05, 3.63) is 129 Å². The molecule has 2 amide bonds. The fraction of sp³-hybridized carbons (Fsp3) is 0.0333. The highest BCUT2D eigenvalue weighted by molar-refractivity contribution is 9.10. The van der Waals surface area contributed by atoms with Crippen molar-refractivity contribution in [3.63, 3.8) is 0 Å². The Morgan fingerprint density at radius 2 is 1.34 bits per heavy atom. The van der Waals surface area contributed by atoms with Crippen molar-refractivity contribution in [3.8, 4) is 5.75 Å². The number of carbonyl (C=O) groups excluding carboxylic acids is 2. The minimum absolute atomic E-state index is 0.00645. The second-order valence-electron chi connectivity index (χ2n) is 8.40. The molecule has 1 aliphatic heterocycles. The van der Waals surface area contributed by atoms with Gasteiger partial charge in [-0.2, -0.15) is 0 Å². The van der Waals surface area contributed by atoms with Crippen molar-refractivity contribution in [1.29, 1.82) is 0 Å². The molecular formula is C30H20BrClN2O3S. The van der Waals surface area contributed by atoms with Gasteiger partial charge in [0.25, 0.3) is 11.8 Å². The summed E-state index contributed by atoms with van der Waals surface area (Å²) in [7, 11) is 0. The van der Waals surface area contributed by atoms with Crippen LogP contribution in [-0.4, -0.2) is 16.9 Å². The van der Waals surface area contributed by atoms with E-state index < -0.39 is 11.8 Å². The van der Waals surface area contributed by atoms with Crippen molar-refractivity contribution in [2.45, 2.75) is 6.61 Å². The molecule has 0 saturated carbocycles. The lowest BCUT2D eigenvalue weighted by atomic mass is 10.0. The van der Waals surface area contributed by atoms with E-state index in [1.807, 2.05) is 60.7 Å². The summed E-state index contributed by atoms with van der Waals surface area (Å²) in [6.07, 6.45) is 1.58. The Balaban J connectivity index is 1.47. The van der Waals surface area contributed by atoms with Gasteiger partial charge in [0.2, 0.25) is 0 Å². The molecule has 0 radical (unpaired) electrons. The third kappa shape index (κ3) is 5.41. The van der Waals surface area contributed by atoms with Crippen LogP contribution >= 0.6 is 39.7 Å². The van der Waals surface area contributed by atoms with E-state index >= 15 is 0 Å². The third-order valence-electron chi connectivity index (χ3n) is 5.85. The van der Waals surface area contributed by atoms with Gasteiger partial charge in [-0.05, 0) is 93.9 Å². The first kappa shape index (κ1) is 25.9. The monoisotopic (exact) mass is 602 g/mol. The molecule has 0 aliphatic carbocycles. The highest BCUT2D eigenvalue weighted by Crippen LogP contribution is 2.32. The summed E-state index contributed by atoms with van der Waals surface area (Å²) in [4.78, 5) is 30.0. The Hall–Kier alpha value is -3.78. The lowest BCUT2D eigenvalue weighted by Crippen LogP contribution is -2.56. The van der Waals surface area contributed by atoms with Crippen LogP contribution in [-0.2, 0) is 16.2 Å². The van der Waals surface area contributed by atoms with E-state index in [4.69, 9.17) is 28.6 Å². The van der Waals surface area contributed by atoms with E-state index in [2.05, 4.69) is 15.9 Å². The number of benzene rings is 4. The van der Waals surface area contributed by atoms with Gasteiger partial charge in [-0.25, -0.2) is 0 Å². The highest BCUT2D eigenvalue weighted by atomic mass is 79.9. The molecule has 0 N–H and O–H groups in total. The molecular weight excluding hydrogens is 584 g/mol. The summed E-state index contributed by atoms with van der Waals surface area (Å²) in [5, 5.41) is 0.762. The second-order valence-corrected chi connectivity index (χ2v) is 10.1. The minimum Gasteiger partial charge on any atom is -0.488 e. The quantitative estimate of drug-likeness (QED) is 0.131. The van der Waals surface area contributed by atoms with Crippen LogP contribution in [0, 0.1) is 0 Å². The number of halogens is 2. The van der Waals surface area contributed by atoms with Crippen LogP contribution in [0.3, 0.4) is 0 Å². The largest absolute Gasteiger partial charge is 0.488 e. The number of thiocarbonyl (C=S) groups is 1. The summed E-state index contributed by atoms with van der Waals surface area (Å²) in [5.41, 5.74) is 2.78. The number of rotatable bonds is 6. The van der Waals surface area contributed by atoms with E-state index in [0.29, 0.717) is 38.8 Å². The number of carbonyl (C=O) groups is 2. The highest BCUT2D eigenvalue weighted by Gasteiger charge is 2.41. The van der Waals surface area contributed by atoms with Gasteiger partial charge in [0.05, 0.1) is 15.8 Å². The van der Waals surface area contributed by atoms with E-state index in [-0.39, 0.29) is 10.7 Å². The van der Waals surface area contributed by atoms with E-state index in [0.717, 1.165) is 5.56 Å². The van der Waals surface area contributed by atoms with Gasteiger partial charge in [-0.1, -0.05) is 66.2 Å². The lowest BCUT2D eigenvalue weighted by Gasteiger charge is -2.36. The van der Waals surface area contributed by atoms with Crippen LogP contribution in [0.4, 0.5) is 11.4 Å². The van der Waals surface area contributed by atoms with Crippen LogP contribution in [0.15, 0.2) is 113 Å². The lowest BCUT2D eigenvalue weighted by molar-refractivity contribution is -0.120. The Kier molecular flexibility index (Phi) is 7.69. The van der Waals surface area contributed by atoms with Crippen molar-refractivity contribution in [2.75, 3.05) is 9.80 Å². The zero-order valence-corrected chi connectivity index (χ0v) is 23.0. The number of para-hydroxylation sites is 2. The molecule has 4 aromatic rings. The van der Waals surface area contributed by atoms with Gasteiger partial charge in [0.1, 0.15) is 17.9 Å². The van der Waals surface area contributed by atoms with Crippen LogP contribution in [0.1, 0.15) is 11.1 Å². The van der Waals surface area contributed by atoms with Crippen molar-refractivity contribution in [1.82, 2.24) is 0 Å². The molecule has 8 heteroatoms.